The summed E-state index contributed by atoms with van der Waals surface area (Å²) in [7, 11) is 1.71. The minimum absolute atomic E-state index is 0.750. The molecule has 0 saturated heterocycles. The van der Waals surface area contributed by atoms with Gasteiger partial charge >= 0.3 is 0 Å². The van der Waals surface area contributed by atoms with Crippen LogP contribution in [0.4, 0.5) is 0 Å². The second-order valence-electron chi connectivity index (χ2n) is 4.86. The van der Waals surface area contributed by atoms with Crippen molar-refractivity contribution in [2.45, 2.75) is 31.8 Å². The second kappa shape index (κ2) is 5.72. The topological polar surface area (TPSA) is 34.1 Å². The van der Waals surface area contributed by atoms with Crippen molar-refractivity contribution in [2.75, 3.05) is 7.11 Å². The molecule has 3 nitrogen and oxygen atoms in total. The van der Waals surface area contributed by atoms with Gasteiger partial charge in [-0.05, 0) is 18.9 Å². The van der Waals surface area contributed by atoms with Gasteiger partial charge in [0, 0.05) is 35.6 Å². The Labute approximate surface area is 117 Å². The van der Waals surface area contributed by atoms with Gasteiger partial charge in [0.1, 0.15) is 5.75 Å². The lowest BCUT2D eigenvalue weighted by atomic mass is 10.1. The molecule has 4 heteroatoms. The molecule has 1 saturated carbocycles. The largest absolute Gasteiger partial charge is 0.496 e. The van der Waals surface area contributed by atoms with Gasteiger partial charge < -0.3 is 10.1 Å². The van der Waals surface area contributed by atoms with E-state index in [0.717, 1.165) is 29.8 Å². The Bertz CT molecular complexity index is 549. The normalized spacial score (nSPS) is 14.6. The minimum Gasteiger partial charge on any atom is -0.496 e. The molecular weight excluding hydrogens is 256 g/mol. The first-order chi connectivity index (χ1) is 9.35. The number of nitrogens with zero attached hydrogens (tertiary/aromatic N) is 1. The Morgan fingerprint density at radius 3 is 3.00 bits per heavy atom. The average molecular weight is 274 g/mol. The van der Waals surface area contributed by atoms with E-state index in [1.54, 1.807) is 18.4 Å². The molecule has 0 atom stereocenters. The summed E-state index contributed by atoms with van der Waals surface area (Å²) in [5.41, 5.74) is 1.20. The lowest BCUT2D eigenvalue weighted by molar-refractivity contribution is 0.410. The first-order valence-corrected chi connectivity index (χ1v) is 7.45. The fourth-order valence-electron chi connectivity index (χ4n) is 2.06. The van der Waals surface area contributed by atoms with Crippen molar-refractivity contribution >= 4 is 11.3 Å². The van der Waals surface area contributed by atoms with Crippen molar-refractivity contribution in [3.05, 3.63) is 45.9 Å². The van der Waals surface area contributed by atoms with Crippen molar-refractivity contribution in [1.29, 1.82) is 0 Å². The number of methoxy groups -OCH3 is 1. The van der Waals surface area contributed by atoms with Gasteiger partial charge in [0.05, 0.1) is 12.1 Å². The predicted octanol–water partition coefficient (Wildman–Crippen LogP) is 2.99. The van der Waals surface area contributed by atoms with E-state index in [1.165, 1.54) is 23.3 Å². The summed E-state index contributed by atoms with van der Waals surface area (Å²) in [5, 5.41) is 4.67. The van der Waals surface area contributed by atoms with Crippen LogP contribution in [0.25, 0.3) is 0 Å². The molecule has 1 aliphatic rings. The third-order valence-corrected chi connectivity index (χ3v) is 4.28. The highest BCUT2D eigenvalue weighted by atomic mass is 32.1. The molecule has 0 bridgehead atoms. The van der Waals surface area contributed by atoms with E-state index in [4.69, 9.17) is 4.74 Å². The molecule has 1 aromatic carbocycles. The SMILES string of the molecule is COc1ccccc1Cc1ncc(CNC2CC2)s1. The first kappa shape index (κ1) is 12.6. The number of rotatable bonds is 6. The number of hydrogen-bond acceptors (Lipinski definition) is 4. The zero-order chi connectivity index (χ0) is 13.1. The summed E-state index contributed by atoms with van der Waals surface area (Å²) in [6.45, 7) is 0.953. The van der Waals surface area contributed by atoms with Gasteiger partial charge in [0.2, 0.25) is 0 Å². The molecule has 0 unspecified atom stereocenters. The fraction of sp³-hybridized carbons (Fsp3) is 0.400. The number of nitrogens with one attached hydrogen (secondary N) is 1. The quantitative estimate of drug-likeness (QED) is 0.879. The van der Waals surface area contributed by atoms with Gasteiger partial charge in [-0.15, -0.1) is 11.3 Å². The van der Waals surface area contributed by atoms with Crippen LogP contribution in [0, 0.1) is 0 Å². The Morgan fingerprint density at radius 2 is 2.21 bits per heavy atom. The van der Waals surface area contributed by atoms with Crippen LogP contribution >= 0.6 is 11.3 Å². The van der Waals surface area contributed by atoms with Crippen LogP contribution < -0.4 is 10.1 Å². The molecule has 100 valence electrons. The predicted molar refractivity (Wildman–Crippen MR) is 77.8 cm³/mol. The molecule has 0 aliphatic heterocycles. The number of aromatic nitrogens is 1. The van der Waals surface area contributed by atoms with Crippen molar-refractivity contribution in [3.8, 4) is 5.75 Å². The summed E-state index contributed by atoms with van der Waals surface area (Å²) in [6.07, 6.45) is 5.49. The molecule has 2 aromatic rings. The zero-order valence-corrected chi connectivity index (χ0v) is 11.9. The fourth-order valence-corrected chi connectivity index (χ4v) is 2.95. The number of thiazole rings is 1. The van der Waals surface area contributed by atoms with Crippen LogP contribution in [0.5, 0.6) is 5.75 Å². The van der Waals surface area contributed by atoms with Crippen molar-refractivity contribution in [1.82, 2.24) is 10.3 Å². The molecule has 1 heterocycles. The third-order valence-electron chi connectivity index (χ3n) is 3.28. The molecule has 1 fully saturated rings. The smallest absolute Gasteiger partial charge is 0.122 e. The molecular formula is C15H18N2OS. The van der Waals surface area contributed by atoms with Crippen molar-refractivity contribution in [2.24, 2.45) is 0 Å². The van der Waals surface area contributed by atoms with E-state index >= 15 is 0 Å². The molecule has 19 heavy (non-hydrogen) atoms. The number of hydrogen-bond donors (Lipinski definition) is 1. The highest BCUT2D eigenvalue weighted by Gasteiger charge is 2.20. The van der Waals surface area contributed by atoms with E-state index in [1.807, 2.05) is 24.4 Å². The van der Waals surface area contributed by atoms with E-state index in [9.17, 15) is 0 Å². The molecule has 1 aliphatic carbocycles. The molecule has 0 spiro atoms. The van der Waals surface area contributed by atoms with Gasteiger partial charge in [-0.25, -0.2) is 4.98 Å². The molecule has 1 aromatic heterocycles. The zero-order valence-electron chi connectivity index (χ0n) is 11.1. The number of para-hydroxylation sites is 1. The average Bonchev–Trinajstić information content (AvgIpc) is 3.17. The Kier molecular flexibility index (Phi) is 3.80. The lowest BCUT2D eigenvalue weighted by Crippen LogP contribution is -2.14. The number of benzene rings is 1. The highest BCUT2D eigenvalue weighted by Crippen LogP contribution is 2.24. The minimum atomic E-state index is 0.750. The van der Waals surface area contributed by atoms with Crippen LogP contribution in [0.1, 0.15) is 28.3 Å². The van der Waals surface area contributed by atoms with Crippen LogP contribution in [0.2, 0.25) is 0 Å². The Balaban J connectivity index is 1.65. The van der Waals surface area contributed by atoms with Crippen LogP contribution in [0.15, 0.2) is 30.5 Å². The monoisotopic (exact) mass is 274 g/mol. The van der Waals surface area contributed by atoms with Crippen LogP contribution in [-0.2, 0) is 13.0 Å². The summed E-state index contributed by atoms with van der Waals surface area (Å²) < 4.78 is 5.38. The highest BCUT2D eigenvalue weighted by molar-refractivity contribution is 7.11. The maximum Gasteiger partial charge on any atom is 0.122 e. The third kappa shape index (κ3) is 3.33. The van der Waals surface area contributed by atoms with E-state index in [0.29, 0.717) is 0 Å². The molecule has 0 radical (unpaired) electrons. The van der Waals surface area contributed by atoms with Gasteiger partial charge in [-0.1, -0.05) is 18.2 Å². The second-order valence-corrected chi connectivity index (χ2v) is 6.06. The lowest BCUT2D eigenvalue weighted by Gasteiger charge is -2.05. The number of ether oxygens (including phenoxy) is 1. The van der Waals surface area contributed by atoms with E-state index in [-0.39, 0.29) is 0 Å². The standard InChI is InChI=1S/C15H18N2OS/c1-18-14-5-3-2-4-11(14)8-15-17-10-13(19-15)9-16-12-6-7-12/h2-5,10,12,16H,6-9H2,1H3. The Hall–Kier alpha value is -1.39. The van der Waals surface area contributed by atoms with Gasteiger partial charge in [0.25, 0.3) is 0 Å². The summed E-state index contributed by atoms with van der Waals surface area (Å²) in [5.74, 6) is 0.940. The summed E-state index contributed by atoms with van der Waals surface area (Å²) >= 11 is 1.79. The van der Waals surface area contributed by atoms with Crippen molar-refractivity contribution < 1.29 is 4.74 Å². The Morgan fingerprint density at radius 1 is 1.37 bits per heavy atom. The van der Waals surface area contributed by atoms with E-state index < -0.39 is 0 Å². The van der Waals surface area contributed by atoms with Gasteiger partial charge in [-0.3, -0.25) is 0 Å². The van der Waals surface area contributed by atoms with Crippen molar-refractivity contribution in [3.63, 3.8) is 0 Å². The van der Waals surface area contributed by atoms with Crippen LogP contribution in [-0.4, -0.2) is 18.1 Å². The van der Waals surface area contributed by atoms with E-state index in [2.05, 4.69) is 16.4 Å². The molecule has 0 amide bonds. The van der Waals surface area contributed by atoms with Gasteiger partial charge in [0.15, 0.2) is 0 Å². The van der Waals surface area contributed by atoms with Gasteiger partial charge in [-0.2, -0.15) is 0 Å². The maximum absolute atomic E-state index is 5.38. The summed E-state index contributed by atoms with van der Waals surface area (Å²) in [6, 6.07) is 8.89. The first-order valence-electron chi connectivity index (χ1n) is 6.64. The summed E-state index contributed by atoms with van der Waals surface area (Å²) in [4.78, 5) is 5.82. The molecule has 3 rings (SSSR count). The van der Waals surface area contributed by atoms with Crippen LogP contribution in [0.3, 0.4) is 0 Å². The molecule has 1 N–H and O–H groups in total. The maximum atomic E-state index is 5.38.